The minimum Gasteiger partial charge on any atom is -0.348 e. The predicted octanol–water partition coefficient (Wildman–Crippen LogP) is 3.96. The van der Waals surface area contributed by atoms with Crippen LogP contribution in [0.3, 0.4) is 0 Å². The standard InChI is InChI=1S/C16H17FN2S/c1-12-4-3-5-15(10-12)18-16(20)19(2)11-13-6-8-14(17)9-7-13/h3-10H,11H2,1-2H3,(H,18,20). The summed E-state index contributed by atoms with van der Waals surface area (Å²) in [4.78, 5) is 1.92. The van der Waals surface area contributed by atoms with Gasteiger partial charge in [0.25, 0.3) is 0 Å². The second kappa shape index (κ2) is 6.48. The van der Waals surface area contributed by atoms with Crippen LogP contribution in [0.1, 0.15) is 11.1 Å². The lowest BCUT2D eigenvalue weighted by atomic mass is 10.2. The Morgan fingerprint density at radius 1 is 1.20 bits per heavy atom. The zero-order chi connectivity index (χ0) is 14.5. The van der Waals surface area contributed by atoms with Crippen LogP contribution in [-0.4, -0.2) is 17.1 Å². The molecule has 0 spiro atoms. The Kier molecular flexibility index (Phi) is 4.69. The fourth-order valence-corrected chi connectivity index (χ4v) is 2.06. The van der Waals surface area contributed by atoms with Gasteiger partial charge < -0.3 is 10.2 Å². The lowest BCUT2D eigenvalue weighted by Crippen LogP contribution is -2.30. The van der Waals surface area contributed by atoms with E-state index in [9.17, 15) is 4.39 Å². The van der Waals surface area contributed by atoms with Crippen molar-refractivity contribution in [3.05, 3.63) is 65.5 Å². The maximum Gasteiger partial charge on any atom is 0.173 e. The highest BCUT2D eigenvalue weighted by atomic mass is 32.1. The monoisotopic (exact) mass is 288 g/mol. The summed E-state index contributed by atoms with van der Waals surface area (Å²) in [6, 6.07) is 14.5. The molecule has 104 valence electrons. The third-order valence-electron chi connectivity index (χ3n) is 2.95. The molecule has 2 rings (SSSR count). The Hall–Kier alpha value is -1.94. The van der Waals surface area contributed by atoms with Gasteiger partial charge in [0.05, 0.1) is 0 Å². The summed E-state index contributed by atoms with van der Waals surface area (Å²) in [5.74, 6) is -0.225. The molecular weight excluding hydrogens is 271 g/mol. The molecule has 0 bridgehead atoms. The van der Waals surface area contributed by atoms with Gasteiger partial charge in [-0.3, -0.25) is 0 Å². The van der Waals surface area contributed by atoms with Crippen LogP contribution in [0.5, 0.6) is 0 Å². The molecule has 0 fully saturated rings. The van der Waals surface area contributed by atoms with Crippen molar-refractivity contribution >= 4 is 23.0 Å². The minimum atomic E-state index is -0.225. The van der Waals surface area contributed by atoms with Crippen molar-refractivity contribution in [1.29, 1.82) is 0 Å². The number of hydrogen-bond donors (Lipinski definition) is 1. The quantitative estimate of drug-likeness (QED) is 0.861. The van der Waals surface area contributed by atoms with Crippen molar-refractivity contribution in [3.8, 4) is 0 Å². The fourth-order valence-electron chi connectivity index (χ4n) is 1.88. The van der Waals surface area contributed by atoms with E-state index in [4.69, 9.17) is 12.2 Å². The number of rotatable bonds is 3. The molecule has 20 heavy (non-hydrogen) atoms. The number of aryl methyl sites for hydroxylation is 1. The Bertz CT molecular complexity index is 596. The van der Waals surface area contributed by atoms with Gasteiger partial charge in [-0.05, 0) is 54.5 Å². The molecule has 0 radical (unpaired) electrons. The van der Waals surface area contributed by atoms with E-state index in [1.807, 2.05) is 43.1 Å². The highest BCUT2D eigenvalue weighted by molar-refractivity contribution is 7.80. The molecule has 0 saturated heterocycles. The Morgan fingerprint density at radius 3 is 2.55 bits per heavy atom. The highest BCUT2D eigenvalue weighted by Gasteiger charge is 2.06. The van der Waals surface area contributed by atoms with Crippen LogP contribution in [-0.2, 0) is 6.54 Å². The zero-order valence-corrected chi connectivity index (χ0v) is 12.4. The summed E-state index contributed by atoms with van der Waals surface area (Å²) in [6.45, 7) is 2.67. The average molecular weight is 288 g/mol. The van der Waals surface area contributed by atoms with Crippen LogP contribution in [0, 0.1) is 12.7 Å². The van der Waals surface area contributed by atoms with Crippen LogP contribution in [0.4, 0.5) is 10.1 Å². The molecule has 2 nitrogen and oxygen atoms in total. The smallest absolute Gasteiger partial charge is 0.173 e. The van der Waals surface area contributed by atoms with Crippen molar-refractivity contribution in [2.24, 2.45) is 0 Å². The first kappa shape index (κ1) is 14.5. The van der Waals surface area contributed by atoms with Gasteiger partial charge in [0, 0.05) is 19.3 Å². The summed E-state index contributed by atoms with van der Waals surface area (Å²) in [7, 11) is 1.91. The molecule has 1 N–H and O–H groups in total. The molecule has 0 aromatic heterocycles. The van der Waals surface area contributed by atoms with Gasteiger partial charge in [-0.15, -0.1) is 0 Å². The maximum atomic E-state index is 12.9. The molecule has 0 aliphatic rings. The van der Waals surface area contributed by atoms with Crippen LogP contribution < -0.4 is 5.32 Å². The van der Waals surface area contributed by atoms with Crippen molar-refractivity contribution in [3.63, 3.8) is 0 Å². The van der Waals surface area contributed by atoms with Gasteiger partial charge in [-0.1, -0.05) is 24.3 Å². The molecule has 0 aliphatic heterocycles. The van der Waals surface area contributed by atoms with E-state index in [2.05, 4.69) is 5.32 Å². The number of nitrogens with one attached hydrogen (secondary N) is 1. The number of nitrogens with zero attached hydrogens (tertiary/aromatic N) is 1. The predicted molar refractivity (Wildman–Crippen MR) is 85.3 cm³/mol. The molecule has 0 heterocycles. The first-order valence-electron chi connectivity index (χ1n) is 6.38. The summed E-state index contributed by atoms with van der Waals surface area (Å²) in [5, 5.41) is 3.84. The summed E-state index contributed by atoms with van der Waals surface area (Å²) in [6.07, 6.45) is 0. The van der Waals surface area contributed by atoms with Gasteiger partial charge in [-0.2, -0.15) is 0 Å². The van der Waals surface area contributed by atoms with Crippen LogP contribution in [0.25, 0.3) is 0 Å². The minimum absolute atomic E-state index is 0.225. The lowest BCUT2D eigenvalue weighted by Gasteiger charge is -2.21. The molecule has 0 amide bonds. The first-order valence-corrected chi connectivity index (χ1v) is 6.78. The first-order chi connectivity index (χ1) is 9.54. The topological polar surface area (TPSA) is 15.3 Å². The van der Waals surface area contributed by atoms with Gasteiger partial charge in [-0.25, -0.2) is 4.39 Å². The Labute approximate surface area is 124 Å². The lowest BCUT2D eigenvalue weighted by molar-refractivity contribution is 0.507. The largest absolute Gasteiger partial charge is 0.348 e. The second-order valence-corrected chi connectivity index (χ2v) is 5.17. The maximum absolute atomic E-state index is 12.9. The molecule has 2 aromatic carbocycles. The Morgan fingerprint density at radius 2 is 1.90 bits per heavy atom. The number of thiocarbonyl (C=S) groups is 1. The summed E-state index contributed by atoms with van der Waals surface area (Å²) >= 11 is 5.37. The van der Waals surface area contributed by atoms with Gasteiger partial charge in [0.2, 0.25) is 0 Å². The van der Waals surface area contributed by atoms with E-state index < -0.39 is 0 Å². The van der Waals surface area contributed by atoms with E-state index in [1.54, 1.807) is 12.1 Å². The van der Waals surface area contributed by atoms with Crippen LogP contribution >= 0.6 is 12.2 Å². The van der Waals surface area contributed by atoms with E-state index in [0.717, 1.165) is 11.3 Å². The Balaban J connectivity index is 1.96. The summed E-state index contributed by atoms with van der Waals surface area (Å²) in [5.41, 5.74) is 3.17. The second-order valence-electron chi connectivity index (χ2n) is 4.78. The van der Waals surface area contributed by atoms with Gasteiger partial charge in [0.1, 0.15) is 5.82 Å². The third kappa shape index (κ3) is 4.03. The van der Waals surface area contributed by atoms with Crippen molar-refractivity contribution in [1.82, 2.24) is 4.90 Å². The van der Waals surface area contributed by atoms with E-state index >= 15 is 0 Å². The van der Waals surface area contributed by atoms with E-state index in [0.29, 0.717) is 11.7 Å². The van der Waals surface area contributed by atoms with Crippen molar-refractivity contribution < 1.29 is 4.39 Å². The number of anilines is 1. The number of hydrogen-bond acceptors (Lipinski definition) is 1. The summed E-state index contributed by atoms with van der Waals surface area (Å²) < 4.78 is 12.9. The van der Waals surface area contributed by atoms with E-state index in [1.165, 1.54) is 17.7 Å². The van der Waals surface area contributed by atoms with Gasteiger partial charge >= 0.3 is 0 Å². The number of benzene rings is 2. The van der Waals surface area contributed by atoms with Gasteiger partial charge in [0.15, 0.2) is 5.11 Å². The highest BCUT2D eigenvalue weighted by Crippen LogP contribution is 2.11. The van der Waals surface area contributed by atoms with Crippen LogP contribution in [0.15, 0.2) is 48.5 Å². The molecule has 0 unspecified atom stereocenters. The third-order valence-corrected chi connectivity index (χ3v) is 3.36. The molecule has 4 heteroatoms. The van der Waals surface area contributed by atoms with E-state index in [-0.39, 0.29) is 5.82 Å². The SMILES string of the molecule is Cc1cccc(NC(=S)N(C)Cc2ccc(F)cc2)c1. The molecule has 0 saturated carbocycles. The average Bonchev–Trinajstić information content (AvgIpc) is 2.41. The molecular formula is C16H17FN2S. The molecule has 2 aromatic rings. The molecule has 0 aliphatic carbocycles. The zero-order valence-electron chi connectivity index (χ0n) is 11.6. The number of halogens is 1. The van der Waals surface area contributed by atoms with Crippen molar-refractivity contribution in [2.45, 2.75) is 13.5 Å². The normalized spacial score (nSPS) is 10.2. The van der Waals surface area contributed by atoms with Crippen molar-refractivity contribution in [2.75, 3.05) is 12.4 Å². The molecule has 0 atom stereocenters. The fraction of sp³-hybridized carbons (Fsp3) is 0.188. The van der Waals surface area contributed by atoms with Crippen LogP contribution in [0.2, 0.25) is 0 Å².